The van der Waals surface area contributed by atoms with E-state index in [2.05, 4.69) is 5.10 Å². The summed E-state index contributed by atoms with van der Waals surface area (Å²) in [7, 11) is 0. The van der Waals surface area contributed by atoms with Crippen LogP contribution in [0.15, 0.2) is 6.20 Å². The number of aromatic nitrogens is 2. The third-order valence-corrected chi connectivity index (χ3v) is 3.24. The van der Waals surface area contributed by atoms with E-state index >= 15 is 0 Å². The molecule has 0 atom stereocenters. The first-order chi connectivity index (χ1) is 8.16. The van der Waals surface area contributed by atoms with Gasteiger partial charge in [-0.3, -0.25) is 9.48 Å². The van der Waals surface area contributed by atoms with Gasteiger partial charge in [0.25, 0.3) is 0 Å². The van der Waals surface area contributed by atoms with E-state index in [4.69, 9.17) is 5.73 Å². The van der Waals surface area contributed by atoms with Crippen molar-refractivity contribution in [1.29, 1.82) is 0 Å². The number of rotatable bonds is 2. The van der Waals surface area contributed by atoms with Crippen molar-refractivity contribution in [2.75, 3.05) is 18.8 Å². The molecule has 1 aromatic rings. The van der Waals surface area contributed by atoms with E-state index in [0.29, 0.717) is 12.4 Å². The van der Waals surface area contributed by atoms with E-state index in [1.54, 1.807) is 4.68 Å². The Morgan fingerprint density at radius 1 is 1.35 bits per heavy atom. The summed E-state index contributed by atoms with van der Waals surface area (Å²) in [6, 6.07) is 0. The number of nitrogens with two attached hydrogens (primary N) is 1. The summed E-state index contributed by atoms with van der Waals surface area (Å²) in [6.07, 6.45) is 6.53. The predicted octanol–water partition coefficient (Wildman–Crippen LogP) is 1.18. The predicted molar refractivity (Wildman–Crippen MR) is 66.4 cm³/mol. The minimum Gasteiger partial charge on any atom is -0.382 e. The van der Waals surface area contributed by atoms with Crippen LogP contribution < -0.4 is 5.73 Å². The molecule has 0 aromatic carbocycles. The molecule has 1 fully saturated rings. The van der Waals surface area contributed by atoms with Gasteiger partial charge in [0.15, 0.2) is 0 Å². The molecule has 1 aliphatic heterocycles. The molecule has 2 rings (SSSR count). The molecule has 1 amide bonds. The van der Waals surface area contributed by atoms with Gasteiger partial charge in [0.05, 0.1) is 0 Å². The van der Waals surface area contributed by atoms with Crippen molar-refractivity contribution < 1.29 is 4.79 Å². The minimum absolute atomic E-state index is 0.148. The van der Waals surface area contributed by atoms with Gasteiger partial charge in [-0.1, -0.05) is 12.8 Å². The van der Waals surface area contributed by atoms with E-state index in [9.17, 15) is 4.79 Å². The van der Waals surface area contributed by atoms with Crippen LogP contribution in [-0.4, -0.2) is 33.7 Å². The summed E-state index contributed by atoms with van der Waals surface area (Å²) in [5, 5.41) is 4.12. The molecule has 17 heavy (non-hydrogen) atoms. The Morgan fingerprint density at radius 3 is 2.53 bits per heavy atom. The Labute approximate surface area is 102 Å². The number of nitrogen functional groups attached to an aromatic ring is 1. The molecule has 0 unspecified atom stereocenters. The number of hydrogen-bond acceptors (Lipinski definition) is 3. The fourth-order valence-electron chi connectivity index (χ4n) is 2.18. The van der Waals surface area contributed by atoms with Crippen LogP contribution in [0.25, 0.3) is 0 Å². The van der Waals surface area contributed by atoms with Gasteiger partial charge in [-0.2, -0.15) is 5.10 Å². The van der Waals surface area contributed by atoms with Crippen LogP contribution in [0.2, 0.25) is 0 Å². The molecule has 94 valence electrons. The molecule has 1 saturated heterocycles. The lowest BCUT2D eigenvalue weighted by Crippen LogP contribution is -2.34. The number of nitrogens with zero attached hydrogens (tertiary/aromatic N) is 3. The molecule has 0 saturated carbocycles. The summed E-state index contributed by atoms with van der Waals surface area (Å²) in [5.41, 5.74) is 6.59. The quantitative estimate of drug-likeness (QED) is 0.838. The van der Waals surface area contributed by atoms with Gasteiger partial charge in [0, 0.05) is 24.8 Å². The van der Waals surface area contributed by atoms with Crippen LogP contribution in [0, 0.1) is 6.92 Å². The van der Waals surface area contributed by atoms with Crippen LogP contribution in [0.1, 0.15) is 31.2 Å². The topological polar surface area (TPSA) is 64.2 Å². The van der Waals surface area contributed by atoms with Crippen molar-refractivity contribution in [2.45, 2.75) is 39.2 Å². The van der Waals surface area contributed by atoms with Crippen molar-refractivity contribution >= 4 is 11.7 Å². The molecule has 1 aromatic heterocycles. The van der Waals surface area contributed by atoms with E-state index in [1.165, 1.54) is 12.8 Å². The minimum atomic E-state index is 0.148. The lowest BCUT2D eigenvalue weighted by Gasteiger charge is -2.20. The molecule has 0 spiro atoms. The van der Waals surface area contributed by atoms with E-state index in [1.807, 2.05) is 18.0 Å². The normalized spacial score (nSPS) is 16.9. The maximum absolute atomic E-state index is 12.1. The smallest absolute Gasteiger partial charge is 0.244 e. The summed E-state index contributed by atoms with van der Waals surface area (Å²) in [5.74, 6) is 0.656. The first-order valence-electron chi connectivity index (χ1n) is 6.24. The Morgan fingerprint density at radius 2 is 2.00 bits per heavy atom. The second-order valence-electron chi connectivity index (χ2n) is 4.69. The molecule has 2 heterocycles. The summed E-state index contributed by atoms with van der Waals surface area (Å²) >= 11 is 0. The zero-order valence-electron chi connectivity index (χ0n) is 10.4. The van der Waals surface area contributed by atoms with Gasteiger partial charge in [0.1, 0.15) is 12.4 Å². The fourth-order valence-corrected chi connectivity index (χ4v) is 2.18. The molecule has 0 aliphatic carbocycles. The van der Waals surface area contributed by atoms with Gasteiger partial charge in [-0.25, -0.2) is 0 Å². The highest BCUT2D eigenvalue weighted by molar-refractivity contribution is 5.76. The number of hydrogen-bond donors (Lipinski definition) is 1. The molecule has 0 bridgehead atoms. The second-order valence-corrected chi connectivity index (χ2v) is 4.69. The molecule has 5 heteroatoms. The highest BCUT2D eigenvalue weighted by Gasteiger charge is 2.16. The van der Waals surface area contributed by atoms with Crippen molar-refractivity contribution in [1.82, 2.24) is 14.7 Å². The molecule has 1 aliphatic rings. The van der Waals surface area contributed by atoms with Crippen molar-refractivity contribution in [3.05, 3.63) is 11.8 Å². The highest BCUT2D eigenvalue weighted by Crippen LogP contribution is 2.11. The number of likely N-dealkylation sites (tertiary alicyclic amines) is 1. The van der Waals surface area contributed by atoms with E-state index in [0.717, 1.165) is 31.5 Å². The standard InChI is InChI=1S/C12H20N4O/c1-10-8-16(14-12(10)13)9-11(17)15-6-4-2-3-5-7-15/h8H,2-7,9H2,1H3,(H2,13,14). The summed E-state index contributed by atoms with van der Waals surface area (Å²) in [6.45, 7) is 3.97. The fraction of sp³-hybridized carbons (Fsp3) is 0.667. The van der Waals surface area contributed by atoms with Crippen LogP contribution in [0.4, 0.5) is 5.82 Å². The van der Waals surface area contributed by atoms with Crippen LogP contribution in [-0.2, 0) is 11.3 Å². The average Bonchev–Trinajstić information content (AvgIpc) is 2.54. The van der Waals surface area contributed by atoms with Gasteiger partial charge in [0.2, 0.25) is 5.91 Å². The molecular weight excluding hydrogens is 216 g/mol. The Bertz CT molecular complexity index is 372. The lowest BCUT2D eigenvalue weighted by molar-refractivity contribution is -0.132. The average molecular weight is 236 g/mol. The zero-order valence-corrected chi connectivity index (χ0v) is 10.4. The largest absolute Gasteiger partial charge is 0.382 e. The molecule has 5 nitrogen and oxygen atoms in total. The maximum Gasteiger partial charge on any atom is 0.244 e. The highest BCUT2D eigenvalue weighted by atomic mass is 16.2. The van der Waals surface area contributed by atoms with Crippen molar-refractivity contribution in [2.24, 2.45) is 0 Å². The Hall–Kier alpha value is -1.52. The first-order valence-corrected chi connectivity index (χ1v) is 6.24. The van der Waals surface area contributed by atoms with Gasteiger partial charge < -0.3 is 10.6 Å². The zero-order chi connectivity index (χ0) is 12.3. The third-order valence-electron chi connectivity index (χ3n) is 3.24. The van der Waals surface area contributed by atoms with Crippen LogP contribution >= 0.6 is 0 Å². The summed E-state index contributed by atoms with van der Waals surface area (Å²) < 4.78 is 1.64. The van der Waals surface area contributed by atoms with Crippen molar-refractivity contribution in [3.8, 4) is 0 Å². The number of anilines is 1. The number of carbonyl (C=O) groups excluding carboxylic acids is 1. The second kappa shape index (κ2) is 5.21. The van der Waals surface area contributed by atoms with E-state index < -0.39 is 0 Å². The van der Waals surface area contributed by atoms with Crippen molar-refractivity contribution in [3.63, 3.8) is 0 Å². The van der Waals surface area contributed by atoms with Gasteiger partial charge in [-0.05, 0) is 19.8 Å². The Kier molecular flexibility index (Phi) is 3.66. The van der Waals surface area contributed by atoms with Crippen LogP contribution in [0.5, 0.6) is 0 Å². The molecule has 2 N–H and O–H groups in total. The van der Waals surface area contributed by atoms with Gasteiger partial charge in [-0.15, -0.1) is 0 Å². The van der Waals surface area contributed by atoms with Crippen LogP contribution in [0.3, 0.4) is 0 Å². The maximum atomic E-state index is 12.1. The van der Waals surface area contributed by atoms with E-state index in [-0.39, 0.29) is 5.91 Å². The molecular formula is C12H20N4O. The van der Waals surface area contributed by atoms with Gasteiger partial charge >= 0.3 is 0 Å². The lowest BCUT2D eigenvalue weighted by atomic mass is 10.2. The summed E-state index contributed by atoms with van der Waals surface area (Å²) in [4.78, 5) is 14.0. The first kappa shape index (κ1) is 12.0. The Balaban J connectivity index is 1.95. The SMILES string of the molecule is Cc1cn(CC(=O)N2CCCCCC2)nc1N. The number of amides is 1. The number of carbonyl (C=O) groups is 1. The number of aryl methyl sites for hydroxylation is 1. The monoisotopic (exact) mass is 236 g/mol. The molecule has 0 radical (unpaired) electrons. The third kappa shape index (κ3) is 2.99.